The maximum Gasteiger partial charge on any atom is 0.306 e. The summed E-state index contributed by atoms with van der Waals surface area (Å²) in [6.45, 7) is 4.46. The largest absolute Gasteiger partial charge is 0.481 e. The molecule has 1 aliphatic rings. The van der Waals surface area contributed by atoms with E-state index in [4.69, 9.17) is 0 Å². The lowest BCUT2D eigenvalue weighted by Crippen LogP contribution is -2.32. The van der Waals surface area contributed by atoms with E-state index >= 15 is 0 Å². The molecule has 2 atom stereocenters. The molecule has 0 aliphatic heterocycles. The summed E-state index contributed by atoms with van der Waals surface area (Å²) >= 11 is 0. The maximum atomic E-state index is 11.2. The van der Waals surface area contributed by atoms with Gasteiger partial charge in [-0.1, -0.05) is 12.8 Å². The number of aromatic nitrogens is 2. The molecule has 1 aromatic heterocycles. The van der Waals surface area contributed by atoms with Crippen molar-refractivity contribution in [1.82, 2.24) is 9.97 Å². The van der Waals surface area contributed by atoms with Crippen LogP contribution < -0.4 is 5.32 Å². The van der Waals surface area contributed by atoms with Gasteiger partial charge in [-0.25, -0.2) is 9.97 Å². The Bertz CT molecular complexity index is 442. The van der Waals surface area contributed by atoms with Crippen LogP contribution in [0.4, 0.5) is 5.82 Å². The van der Waals surface area contributed by atoms with Gasteiger partial charge in [0.15, 0.2) is 0 Å². The quantitative estimate of drug-likeness (QED) is 0.872. The minimum absolute atomic E-state index is 0.196. The average Bonchev–Trinajstić information content (AvgIpc) is 2.35. The summed E-state index contributed by atoms with van der Waals surface area (Å²) in [5.74, 6) is 0.842. The Morgan fingerprint density at radius 2 is 2.11 bits per heavy atom. The van der Waals surface area contributed by atoms with Gasteiger partial charge >= 0.3 is 5.97 Å². The first-order chi connectivity index (χ1) is 9.06. The van der Waals surface area contributed by atoms with E-state index in [0.717, 1.165) is 43.0 Å². The molecule has 104 valence electrons. The van der Waals surface area contributed by atoms with Crippen LogP contribution in [0.15, 0.2) is 6.07 Å². The van der Waals surface area contributed by atoms with Gasteiger partial charge in [-0.2, -0.15) is 0 Å². The molecule has 0 bridgehead atoms. The summed E-state index contributed by atoms with van der Waals surface area (Å²) in [6.07, 6.45) is 3.92. The van der Waals surface area contributed by atoms with Crippen LogP contribution in [0.25, 0.3) is 0 Å². The van der Waals surface area contributed by atoms with Crippen LogP contribution in [0.2, 0.25) is 0 Å². The minimum atomic E-state index is -0.665. The van der Waals surface area contributed by atoms with Crippen molar-refractivity contribution in [1.29, 1.82) is 0 Å². The van der Waals surface area contributed by atoms with Crippen LogP contribution in [0, 0.1) is 25.7 Å². The zero-order chi connectivity index (χ0) is 13.8. The number of hydrogen-bond donors (Lipinski definition) is 2. The number of nitrogens with zero attached hydrogens (tertiary/aromatic N) is 2. The second-order valence-electron chi connectivity index (χ2n) is 5.31. The first-order valence-corrected chi connectivity index (χ1v) is 6.85. The summed E-state index contributed by atoms with van der Waals surface area (Å²) in [5.41, 5.74) is 0.924. The third kappa shape index (κ3) is 3.66. The summed E-state index contributed by atoms with van der Waals surface area (Å²) in [7, 11) is 0. The Morgan fingerprint density at radius 1 is 1.37 bits per heavy atom. The van der Waals surface area contributed by atoms with E-state index in [2.05, 4.69) is 15.3 Å². The van der Waals surface area contributed by atoms with E-state index in [1.54, 1.807) is 0 Å². The van der Waals surface area contributed by atoms with Gasteiger partial charge in [0.2, 0.25) is 0 Å². The Labute approximate surface area is 113 Å². The van der Waals surface area contributed by atoms with Gasteiger partial charge in [-0.3, -0.25) is 4.79 Å². The molecule has 19 heavy (non-hydrogen) atoms. The zero-order valence-corrected chi connectivity index (χ0v) is 11.5. The van der Waals surface area contributed by atoms with Crippen molar-refractivity contribution in [3.8, 4) is 0 Å². The van der Waals surface area contributed by atoms with Gasteiger partial charge < -0.3 is 10.4 Å². The molecule has 0 spiro atoms. The zero-order valence-electron chi connectivity index (χ0n) is 11.5. The number of nitrogens with one attached hydrogen (secondary N) is 1. The standard InChI is InChI=1S/C14H21N3O2/c1-9-7-13(17-10(2)16-9)15-8-11-5-3-4-6-12(11)14(18)19/h7,11-12H,3-6,8H2,1-2H3,(H,18,19)(H,15,16,17). The molecule has 5 nitrogen and oxygen atoms in total. The molecule has 2 unspecified atom stereocenters. The Morgan fingerprint density at radius 3 is 2.79 bits per heavy atom. The van der Waals surface area contributed by atoms with E-state index in [0.29, 0.717) is 6.54 Å². The van der Waals surface area contributed by atoms with Gasteiger partial charge in [0.1, 0.15) is 11.6 Å². The fourth-order valence-corrected chi connectivity index (χ4v) is 2.82. The Hall–Kier alpha value is -1.65. The molecule has 1 aromatic rings. The van der Waals surface area contributed by atoms with Crippen molar-refractivity contribution in [3.63, 3.8) is 0 Å². The smallest absolute Gasteiger partial charge is 0.306 e. The number of carboxylic acids is 1. The molecule has 2 rings (SSSR count). The number of aliphatic carboxylic acids is 1. The van der Waals surface area contributed by atoms with Crippen LogP contribution in [0.3, 0.4) is 0 Å². The SMILES string of the molecule is Cc1cc(NCC2CCCCC2C(=O)O)nc(C)n1. The molecule has 1 saturated carbocycles. The molecule has 2 N–H and O–H groups in total. The lowest BCUT2D eigenvalue weighted by atomic mass is 9.79. The van der Waals surface area contributed by atoms with Crippen molar-refractivity contribution in [2.24, 2.45) is 11.8 Å². The predicted octanol–water partition coefficient (Wildman–Crippen LogP) is 2.40. The van der Waals surface area contributed by atoms with E-state index in [-0.39, 0.29) is 11.8 Å². The van der Waals surface area contributed by atoms with Crippen LogP contribution >= 0.6 is 0 Å². The molecule has 0 amide bonds. The predicted molar refractivity (Wildman–Crippen MR) is 73.1 cm³/mol. The molecule has 0 saturated heterocycles. The van der Waals surface area contributed by atoms with Crippen LogP contribution in [0.5, 0.6) is 0 Å². The van der Waals surface area contributed by atoms with Crippen molar-refractivity contribution in [2.45, 2.75) is 39.5 Å². The van der Waals surface area contributed by atoms with Crippen LogP contribution in [0.1, 0.15) is 37.2 Å². The van der Waals surface area contributed by atoms with Gasteiger partial charge in [0.25, 0.3) is 0 Å². The van der Waals surface area contributed by atoms with Crippen molar-refractivity contribution in [3.05, 3.63) is 17.6 Å². The third-order valence-electron chi connectivity index (χ3n) is 3.74. The summed E-state index contributed by atoms with van der Waals surface area (Å²) in [4.78, 5) is 19.8. The lowest BCUT2D eigenvalue weighted by molar-refractivity contribution is -0.144. The second kappa shape index (κ2) is 5.99. The van der Waals surface area contributed by atoms with E-state index in [1.165, 1.54) is 0 Å². The van der Waals surface area contributed by atoms with Crippen LogP contribution in [-0.4, -0.2) is 27.6 Å². The molecule has 0 aromatic carbocycles. The Balaban J connectivity index is 1.98. The van der Waals surface area contributed by atoms with Crippen LogP contribution in [-0.2, 0) is 4.79 Å². The van der Waals surface area contributed by atoms with E-state index in [1.807, 2.05) is 19.9 Å². The lowest BCUT2D eigenvalue weighted by Gasteiger charge is -2.28. The first kappa shape index (κ1) is 13.8. The first-order valence-electron chi connectivity index (χ1n) is 6.85. The molecule has 1 heterocycles. The summed E-state index contributed by atoms with van der Waals surface area (Å²) < 4.78 is 0. The minimum Gasteiger partial charge on any atom is -0.481 e. The second-order valence-corrected chi connectivity index (χ2v) is 5.31. The number of aryl methyl sites for hydroxylation is 2. The highest BCUT2D eigenvalue weighted by molar-refractivity contribution is 5.70. The molecule has 1 fully saturated rings. The van der Waals surface area contributed by atoms with Gasteiger partial charge in [0.05, 0.1) is 5.92 Å². The number of hydrogen-bond acceptors (Lipinski definition) is 4. The van der Waals surface area contributed by atoms with Crippen molar-refractivity contribution < 1.29 is 9.90 Å². The molecular weight excluding hydrogens is 242 g/mol. The molecule has 5 heteroatoms. The van der Waals surface area contributed by atoms with Crippen molar-refractivity contribution in [2.75, 3.05) is 11.9 Å². The highest BCUT2D eigenvalue weighted by Crippen LogP contribution is 2.30. The third-order valence-corrected chi connectivity index (χ3v) is 3.74. The normalized spacial score (nSPS) is 23.1. The highest BCUT2D eigenvalue weighted by Gasteiger charge is 2.30. The topological polar surface area (TPSA) is 75.1 Å². The molecule has 1 aliphatic carbocycles. The number of anilines is 1. The van der Waals surface area contributed by atoms with Crippen molar-refractivity contribution >= 4 is 11.8 Å². The monoisotopic (exact) mass is 263 g/mol. The van der Waals surface area contributed by atoms with Gasteiger partial charge in [-0.05, 0) is 32.6 Å². The number of carbonyl (C=O) groups is 1. The van der Waals surface area contributed by atoms with E-state index in [9.17, 15) is 9.90 Å². The maximum absolute atomic E-state index is 11.2. The number of carboxylic acid groups (broad SMARTS) is 1. The average molecular weight is 263 g/mol. The summed E-state index contributed by atoms with van der Waals surface area (Å²) in [6, 6.07) is 1.89. The number of rotatable bonds is 4. The highest BCUT2D eigenvalue weighted by atomic mass is 16.4. The fraction of sp³-hybridized carbons (Fsp3) is 0.643. The molecular formula is C14H21N3O2. The molecule has 0 radical (unpaired) electrons. The van der Waals surface area contributed by atoms with Gasteiger partial charge in [0, 0.05) is 18.3 Å². The fourth-order valence-electron chi connectivity index (χ4n) is 2.82. The Kier molecular flexibility index (Phi) is 4.35. The van der Waals surface area contributed by atoms with Gasteiger partial charge in [-0.15, -0.1) is 0 Å². The van der Waals surface area contributed by atoms with E-state index < -0.39 is 5.97 Å². The summed E-state index contributed by atoms with van der Waals surface area (Å²) in [5, 5.41) is 12.5.